The number of aryl methyl sites for hydroxylation is 1. The number of hydrogen-bond acceptors (Lipinski definition) is 4. The van der Waals surface area contributed by atoms with Gasteiger partial charge in [0.15, 0.2) is 0 Å². The monoisotopic (exact) mass is 613 g/mol. The Labute approximate surface area is 236 Å². The first kappa shape index (κ1) is 34.1. The van der Waals surface area contributed by atoms with E-state index in [1.54, 1.807) is 13.0 Å². The number of alkyl halides is 3. The Morgan fingerprint density at radius 1 is 1.38 bits per heavy atom. The number of terminal acetylenes is 1. The van der Waals surface area contributed by atoms with Gasteiger partial charge in [0.2, 0.25) is 0 Å². The van der Waals surface area contributed by atoms with Crippen LogP contribution in [0.15, 0.2) is 41.5 Å². The van der Waals surface area contributed by atoms with Crippen LogP contribution in [-0.2, 0) is 10.9 Å². The third kappa shape index (κ3) is 11.0. The standard InChI is InChI=1S/C18H25F3N2O2.C9H6BrF.C2H5N/c1-4-5-12(10-11(2)3)22-17(24)13-6-7-15(18(19,20)21)23-16(13)14-8-9-25-14;1-3-8-6(2)4-7(10)5-9(8)11;1-2-3/h6-7,11-12,14H,4-5,8-10H2,1-3H3,(H,22,24);1,4-5H,2H3;2H,1,3H2. The van der Waals surface area contributed by atoms with Gasteiger partial charge in [-0.15, -0.1) is 6.42 Å². The summed E-state index contributed by atoms with van der Waals surface area (Å²) in [5.41, 5.74) is 4.98. The smallest absolute Gasteiger partial charge is 0.405 e. The summed E-state index contributed by atoms with van der Waals surface area (Å²) in [5.74, 6) is 1.98. The molecule has 1 aromatic carbocycles. The van der Waals surface area contributed by atoms with Crippen molar-refractivity contribution in [2.75, 3.05) is 6.61 Å². The topological polar surface area (TPSA) is 77.2 Å². The van der Waals surface area contributed by atoms with E-state index in [1.807, 2.05) is 6.92 Å². The van der Waals surface area contributed by atoms with E-state index >= 15 is 0 Å². The van der Waals surface area contributed by atoms with Crippen molar-refractivity contribution in [3.63, 3.8) is 0 Å². The van der Waals surface area contributed by atoms with Gasteiger partial charge in [0.1, 0.15) is 17.6 Å². The van der Waals surface area contributed by atoms with Crippen molar-refractivity contribution in [3.8, 4) is 12.3 Å². The number of benzene rings is 1. The van der Waals surface area contributed by atoms with Crippen molar-refractivity contribution in [1.29, 1.82) is 0 Å². The fraction of sp³-hybridized carbons (Fsp3) is 0.448. The molecule has 2 aromatic rings. The summed E-state index contributed by atoms with van der Waals surface area (Å²) in [6.07, 6.45) is 4.39. The molecule has 1 aliphatic rings. The molecule has 0 saturated carbocycles. The molecule has 2 unspecified atom stereocenters. The number of nitrogens with two attached hydrogens (primary N) is 1. The molecule has 1 aliphatic heterocycles. The number of aromatic nitrogens is 1. The number of hydrogen-bond donors (Lipinski definition) is 2. The molecule has 1 aromatic heterocycles. The largest absolute Gasteiger partial charge is 0.433 e. The van der Waals surface area contributed by atoms with Crippen LogP contribution in [-0.4, -0.2) is 23.5 Å². The van der Waals surface area contributed by atoms with E-state index in [0.717, 1.165) is 30.9 Å². The summed E-state index contributed by atoms with van der Waals surface area (Å²) in [7, 11) is 0. The van der Waals surface area contributed by atoms with Crippen LogP contribution in [0.3, 0.4) is 0 Å². The molecule has 2 heterocycles. The van der Waals surface area contributed by atoms with E-state index in [-0.39, 0.29) is 29.0 Å². The Morgan fingerprint density at radius 2 is 2.00 bits per heavy atom. The molecule has 0 radical (unpaired) electrons. The van der Waals surface area contributed by atoms with E-state index in [4.69, 9.17) is 11.2 Å². The van der Waals surface area contributed by atoms with E-state index in [2.05, 4.69) is 58.3 Å². The lowest BCUT2D eigenvalue weighted by Crippen LogP contribution is -2.37. The molecule has 3 rings (SSSR count). The lowest BCUT2D eigenvalue weighted by atomic mass is 9.98. The fourth-order valence-electron chi connectivity index (χ4n) is 3.84. The van der Waals surface area contributed by atoms with Crippen LogP contribution in [0.25, 0.3) is 0 Å². The fourth-order valence-corrected chi connectivity index (χ4v) is 4.38. The summed E-state index contributed by atoms with van der Waals surface area (Å²) >= 11 is 3.17. The first-order chi connectivity index (χ1) is 18.3. The SMILES string of the molecule is C#Cc1c(C)cc(Br)cc1F.C=CN.CCCC(CC(C)C)NC(=O)c1ccc(C(F)(F)F)nc1C1CCO1. The van der Waals surface area contributed by atoms with Crippen LogP contribution in [0.5, 0.6) is 0 Å². The van der Waals surface area contributed by atoms with E-state index in [0.29, 0.717) is 29.0 Å². The number of ether oxygens (including phenoxy) is 1. The number of nitrogens with zero attached hydrogens (tertiary/aromatic N) is 1. The first-order valence-corrected chi connectivity index (χ1v) is 13.3. The van der Waals surface area contributed by atoms with Crippen LogP contribution in [0.2, 0.25) is 0 Å². The Morgan fingerprint density at radius 3 is 2.44 bits per heavy atom. The molecule has 39 heavy (non-hydrogen) atoms. The average Bonchev–Trinajstić information content (AvgIpc) is 2.77. The minimum absolute atomic E-state index is 0.00467. The van der Waals surface area contributed by atoms with Gasteiger partial charge in [-0.25, -0.2) is 9.37 Å². The van der Waals surface area contributed by atoms with Crippen molar-refractivity contribution in [2.45, 2.75) is 71.7 Å². The molecule has 0 bridgehead atoms. The van der Waals surface area contributed by atoms with Gasteiger partial charge < -0.3 is 15.8 Å². The van der Waals surface area contributed by atoms with Crippen molar-refractivity contribution in [3.05, 3.63) is 75.4 Å². The summed E-state index contributed by atoms with van der Waals surface area (Å²) in [6.45, 7) is 11.6. The summed E-state index contributed by atoms with van der Waals surface area (Å²) in [4.78, 5) is 16.3. The lowest BCUT2D eigenvalue weighted by molar-refractivity contribution is -0.141. The van der Waals surface area contributed by atoms with E-state index < -0.39 is 18.0 Å². The Hall–Kier alpha value is -2.90. The highest BCUT2D eigenvalue weighted by Gasteiger charge is 2.36. The molecular formula is C29H36BrF4N3O2. The van der Waals surface area contributed by atoms with Crippen LogP contribution < -0.4 is 11.1 Å². The number of rotatable bonds is 7. The van der Waals surface area contributed by atoms with Gasteiger partial charge in [0.05, 0.1) is 23.4 Å². The first-order valence-electron chi connectivity index (χ1n) is 12.5. The van der Waals surface area contributed by atoms with Crippen molar-refractivity contribution in [1.82, 2.24) is 10.3 Å². The Balaban J connectivity index is 0.000000450. The van der Waals surface area contributed by atoms with Crippen LogP contribution in [0.4, 0.5) is 17.6 Å². The van der Waals surface area contributed by atoms with Crippen LogP contribution >= 0.6 is 15.9 Å². The highest BCUT2D eigenvalue weighted by Crippen LogP contribution is 2.34. The van der Waals surface area contributed by atoms with Gasteiger partial charge in [-0.3, -0.25) is 4.79 Å². The number of pyridine rings is 1. The van der Waals surface area contributed by atoms with E-state index in [1.165, 1.54) is 18.3 Å². The zero-order valence-electron chi connectivity index (χ0n) is 22.7. The van der Waals surface area contributed by atoms with Gasteiger partial charge in [-0.1, -0.05) is 55.6 Å². The van der Waals surface area contributed by atoms with Gasteiger partial charge in [-0.05, 0) is 61.7 Å². The number of nitrogens with one attached hydrogen (secondary N) is 1. The second kappa shape index (κ2) is 16.3. The highest BCUT2D eigenvalue weighted by atomic mass is 79.9. The molecule has 214 valence electrons. The maximum atomic E-state index is 12.9. The number of carbonyl (C=O) groups is 1. The second-order valence-corrected chi connectivity index (χ2v) is 10.2. The zero-order chi connectivity index (χ0) is 29.8. The molecular weight excluding hydrogens is 578 g/mol. The predicted octanol–water partition coefficient (Wildman–Crippen LogP) is 7.47. The molecule has 10 heteroatoms. The maximum absolute atomic E-state index is 12.9. The minimum Gasteiger partial charge on any atom is -0.405 e. The molecule has 5 nitrogen and oxygen atoms in total. The summed E-state index contributed by atoms with van der Waals surface area (Å²) in [6, 6.07) is 5.21. The molecule has 3 N–H and O–H groups in total. The van der Waals surface area contributed by atoms with Gasteiger partial charge in [0.25, 0.3) is 5.91 Å². The number of carbonyl (C=O) groups excluding carboxylic acids is 1. The summed E-state index contributed by atoms with van der Waals surface area (Å²) < 4.78 is 57.7. The van der Waals surface area contributed by atoms with Crippen molar-refractivity contribution >= 4 is 21.8 Å². The molecule has 1 amide bonds. The van der Waals surface area contributed by atoms with Crippen LogP contribution in [0, 0.1) is 31.0 Å². The van der Waals surface area contributed by atoms with Gasteiger partial charge >= 0.3 is 6.18 Å². The average molecular weight is 615 g/mol. The maximum Gasteiger partial charge on any atom is 0.433 e. The number of amides is 1. The van der Waals surface area contributed by atoms with Crippen molar-refractivity contribution in [2.24, 2.45) is 11.7 Å². The normalized spacial score (nSPS) is 14.9. The Bertz CT molecular complexity index is 1120. The molecule has 0 spiro atoms. The van der Waals surface area contributed by atoms with Gasteiger partial charge in [0, 0.05) is 16.9 Å². The molecule has 0 aliphatic carbocycles. The minimum atomic E-state index is -4.55. The van der Waals surface area contributed by atoms with Crippen molar-refractivity contribution < 1.29 is 27.1 Å². The molecule has 2 atom stereocenters. The zero-order valence-corrected chi connectivity index (χ0v) is 24.3. The van der Waals surface area contributed by atoms with E-state index in [9.17, 15) is 22.4 Å². The predicted molar refractivity (Wildman–Crippen MR) is 149 cm³/mol. The molecule has 1 fully saturated rings. The third-order valence-electron chi connectivity index (χ3n) is 5.59. The lowest BCUT2D eigenvalue weighted by Gasteiger charge is -2.28. The Kier molecular flexibility index (Phi) is 14.2. The van der Waals surface area contributed by atoms with Gasteiger partial charge in [-0.2, -0.15) is 13.2 Å². The summed E-state index contributed by atoms with van der Waals surface area (Å²) in [5, 5.41) is 2.95. The number of halogens is 5. The third-order valence-corrected chi connectivity index (χ3v) is 6.05. The van der Waals surface area contributed by atoms with Crippen LogP contribution in [0.1, 0.15) is 85.4 Å². The quantitative estimate of drug-likeness (QED) is 0.251. The highest BCUT2D eigenvalue weighted by molar-refractivity contribution is 9.10. The molecule has 1 saturated heterocycles. The second-order valence-electron chi connectivity index (χ2n) is 9.32.